The van der Waals surface area contributed by atoms with E-state index >= 15 is 0 Å². The van der Waals surface area contributed by atoms with Crippen LogP contribution in [-0.4, -0.2) is 30.5 Å². The Hall–Kier alpha value is -3.90. The molecule has 0 spiro atoms. The molecule has 0 fully saturated rings. The second-order valence-electron chi connectivity index (χ2n) is 5.82. The fraction of sp³-hybridized carbons (Fsp3) is 0.188. The number of aromatic amines is 1. The zero-order valence-electron chi connectivity index (χ0n) is 14.9. The summed E-state index contributed by atoms with van der Waals surface area (Å²) in [5.74, 6) is -0.552. The molecule has 0 unspecified atom stereocenters. The monoisotopic (exact) mass is 411 g/mol. The maximum absolute atomic E-state index is 12.8. The third-order valence-corrected chi connectivity index (χ3v) is 3.85. The van der Waals surface area contributed by atoms with Crippen LogP contribution in [0.4, 0.5) is 13.2 Å². The first-order valence-electron chi connectivity index (χ1n) is 7.85. The Morgan fingerprint density at radius 3 is 2.21 bits per heavy atom. The summed E-state index contributed by atoms with van der Waals surface area (Å²) in [5, 5.41) is 6.22. The van der Waals surface area contributed by atoms with E-state index in [0.29, 0.717) is 4.57 Å². The minimum atomic E-state index is -4.90. The van der Waals surface area contributed by atoms with Gasteiger partial charge in [-0.05, 0) is 24.3 Å². The average molecular weight is 411 g/mol. The molecule has 0 amide bonds. The highest BCUT2D eigenvalue weighted by atomic mass is 19.4. The summed E-state index contributed by atoms with van der Waals surface area (Å²) in [6, 6.07) is 3.95. The number of alkyl halides is 3. The molecule has 2 aromatic heterocycles. The zero-order chi connectivity index (χ0) is 21.5. The van der Waals surface area contributed by atoms with Gasteiger partial charge in [0, 0.05) is 20.3 Å². The summed E-state index contributed by atoms with van der Waals surface area (Å²) in [6.45, 7) is 0. The fourth-order valence-corrected chi connectivity index (χ4v) is 2.50. The van der Waals surface area contributed by atoms with Gasteiger partial charge in [0.1, 0.15) is 5.75 Å². The van der Waals surface area contributed by atoms with E-state index in [1.165, 1.54) is 14.1 Å². The van der Waals surface area contributed by atoms with E-state index in [1.807, 2.05) is 0 Å². The third-order valence-electron chi connectivity index (χ3n) is 3.85. The van der Waals surface area contributed by atoms with E-state index in [-0.39, 0.29) is 11.3 Å². The van der Waals surface area contributed by atoms with Crippen molar-refractivity contribution in [2.24, 2.45) is 14.1 Å². The molecule has 1 N–H and O–H groups in total. The number of benzene rings is 1. The molecule has 3 rings (SSSR count). The quantitative estimate of drug-likeness (QED) is 0.600. The Balaban J connectivity index is 2.21. The van der Waals surface area contributed by atoms with Gasteiger partial charge < -0.3 is 9.84 Å². The van der Waals surface area contributed by atoms with Crippen LogP contribution in [0.3, 0.4) is 0 Å². The molecule has 1 aromatic carbocycles. The maximum atomic E-state index is 12.8. The molecule has 0 saturated heterocycles. The Bertz CT molecular complexity index is 1320. The van der Waals surface area contributed by atoms with E-state index in [0.717, 1.165) is 39.8 Å². The normalized spacial score (nSPS) is 11.5. The van der Waals surface area contributed by atoms with Crippen LogP contribution in [0, 0.1) is 0 Å². The lowest BCUT2D eigenvalue weighted by atomic mass is 10.2. The number of nitrogens with zero attached hydrogens (tertiary/aromatic N) is 4. The fourth-order valence-electron chi connectivity index (χ4n) is 2.50. The first-order chi connectivity index (χ1) is 13.5. The predicted molar refractivity (Wildman–Crippen MR) is 93.1 cm³/mol. The van der Waals surface area contributed by atoms with Crippen molar-refractivity contribution in [3.8, 4) is 22.7 Å². The summed E-state index contributed by atoms with van der Waals surface area (Å²) >= 11 is 0. The minimum absolute atomic E-state index is 0.0889. The zero-order valence-corrected chi connectivity index (χ0v) is 14.9. The molecule has 0 radical (unpaired) electrons. The molecular formula is C16H12F3N5O5. The highest BCUT2D eigenvalue weighted by Gasteiger charge is 2.31. The molecule has 0 bridgehead atoms. The summed E-state index contributed by atoms with van der Waals surface area (Å²) in [6.07, 6.45) is -3.82. The molecule has 0 aliphatic rings. The third kappa shape index (κ3) is 3.74. The van der Waals surface area contributed by atoms with Crippen molar-refractivity contribution in [3.05, 3.63) is 71.9 Å². The van der Waals surface area contributed by atoms with Gasteiger partial charge in [-0.3, -0.25) is 19.1 Å². The number of halogens is 3. The van der Waals surface area contributed by atoms with Gasteiger partial charge in [0.25, 0.3) is 11.0 Å². The molecule has 152 valence electrons. The van der Waals surface area contributed by atoms with Gasteiger partial charge in [0.2, 0.25) is 0 Å². The van der Waals surface area contributed by atoms with E-state index in [9.17, 15) is 32.3 Å². The van der Waals surface area contributed by atoms with Crippen molar-refractivity contribution >= 4 is 0 Å². The molecule has 0 saturated carbocycles. The SMILES string of the molecule is Cn1nc(-c2c[nH]n(C)c(=O)c2=O)c(=O)n(-c2ccc(OC(F)(F)F)cc2)c1=O. The molecule has 10 nitrogen and oxygen atoms in total. The molecule has 0 aliphatic heterocycles. The van der Waals surface area contributed by atoms with Gasteiger partial charge in [0.15, 0.2) is 5.69 Å². The van der Waals surface area contributed by atoms with Gasteiger partial charge in [-0.15, -0.1) is 13.2 Å². The van der Waals surface area contributed by atoms with Gasteiger partial charge in [-0.2, -0.15) is 5.10 Å². The van der Waals surface area contributed by atoms with Crippen LogP contribution in [0.15, 0.2) is 49.6 Å². The first kappa shape index (κ1) is 19.9. The van der Waals surface area contributed by atoms with Crippen LogP contribution in [0.25, 0.3) is 16.9 Å². The standard InChI is InChI=1S/C16H12F3N5O5/c1-22-14(27)12(25)10(7-20-22)11-13(26)24(15(28)23(2)21-11)8-3-5-9(6-4-8)29-16(17,18)19/h3-7,20H,1-2H3. The van der Waals surface area contributed by atoms with Crippen molar-refractivity contribution < 1.29 is 17.9 Å². The van der Waals surface area contributed by atoms with Gasteiger partial charge in [-0.25, -0.2) is 14.0 Å². The van der Waals surface area contributed by atoms with Gasteiger partial charge >= 0.3 is 17.6 Å². The number of rotatable bonds is 3. The molecule has 3 aromatic rings. The van der Waals surface area contributed by atoms with Crippen molar-refractivity contribution in [3.63, 3.8) is 0 Å². The van der Waals surface area contributed by atoms with E-state index in [1.54, 1.807) is 0 Å². The highest BCUT2D eigenvalue weighted by Crippen LogP contribution is 2.23. The predicted octanol–water partition coefficient (Wildman–Crippen LogP) is -0.116. The minimum Gasteiger partial charge on any atom is -0.406 e. The molecule has 13 heteroatoms. The first-order valence-corrected chi connectivity index (χ1v) is 7.85. The lowest BCUT2D eigenvalue weighted by Crippen LogP contribution is -2.42. The number of H-pyrrole nitrogens is 1. The summed E-state index contributed by atoms with van der Waals surface area (Å²) in [7, 11) is 2.50. The number of aromatic nitrogens is 5. The Morgan fingerprint density at radius 2 is 1.62 bits per heavy atom. The van der Waals surface area contributed by atoms with E-state index in [4.69, 9.17) is 0 Å². The van der Waals surface area contributed by atoms with E-state index in [2.05, 4.69) is 14.9 Å². The molecule has 0 aliphatic carbocycles. The molecule has 29 heavy (non-hydrogen) atoms. The van der Waals surface area contributed by atoms with Crippen molar-refractivity contribution in [1.29, 1.82) is 0 Å². The lowest BCUT2D eigenvalue weighted by Gasteiger charge is -2.11. The van der Waals surface area contributed by atoms with Crippen LogP contribution in [0.5, 0.6) is 5.75 Å². The largest absolute Gasteiger partial charge is 0.573 e. The van der Waals surface area contributed by atoms with Gasteiger partial charge in [-0.1, -0.05) is 0 Å². The number of hydrogen-bond acceptors (Lipinski definition) is 6. The number of ether oxygens (including phenoxy) is 1. The van der Waals surface area contributed by atoms with Crippen LogP contribution in [0.1, 0.15) is 0 Å². The Morgan fingerprint density at radius 1 is 1.00 bits per heavy atom. The number of nitrogens with one attached hydrogen (secondary N) is 1. The smallest absolute Gasteiger partial charge is 0.406 e. The average Bonchev–Trinajstić information content (AvgIpc) is 2.64. The second-order valence-corrected chi connectivity index (χ2v) is 5.82. The number of hydrogen-bond donors (Lipinski definition) is 1. The molecule has 0 atom stereocenters. The van der Waals surface area contributed by atoms with Crippen molar-refractivity contribution in [2.45, 2.75) is 6.36 Å². The van der Waals surface area contributed by atoms with Crippen molar-refractivity contribution in [2.75, 3.05) is 0 Å². The summed E-state index contributed by atoms with van der Waals surface area (Å²) < 4.78 is 42.9. The Kier molecular flexibility index (Phi) is 4.74. The van der Waals surface area contributed by atoms with Gasteiger partial charge in [0.05, 0.1) is 11.3 Å². The van der Waals surface area contributed by atoms with Crippen LogP contribution >= 0.6 is 0 Å². The van der Waals surface area contributed by atoms with Crippen molar-refractivity contribution in [1.82, 2.24) is 24.1 Å². The highest BCUT2D eigenvalue weighted by molar-refractivity contribution is 5.56. The van der Waals surface area contributed by atoms with Crippen LogP contribution in [0.2, 0.25) is 0 Å². The maximum Gasteiger partial charge on any atom is 0.573 e. The summed E-state index contributed by atoms with van der Waals surface area (Å²) in [5.41, 5.74) is -4.84. The molecule has 2 heterocycles. The number of aryl methyl sites for hydroxylation is 2. The topological polar surface area (TPSA) is 121 Å². The Labute approximate surface area is 158 Å². The second kappa shape index (κ2) is 6.92. The van der Waals surface area contributed by atoms with Crippen LogP contribution in [-0.2, 0) is 14.1 Å². The van der Waals surface area contributed by atoms with E-state index < -0.39 is 40.0 Å². The lowest BCUT2D eigenvalue weighted by molar-refractivity contribution is -0.274. The summed E-state index contributed by atoms with van der Waals surface area (Å²) in [4.78, 5) is 49.3. The molecular weight excluding hydrogens is 399 g/mol. The van der Waals surface area contributed by atoms with Crippen LogP contribution < -0.4 is 27.0 Å².